The summed E-state index contributed by atoms with van der Waals surface area (Å²) in [4.78, 5) is 0. The molecule has 0 spiro atoms. The second-order valence-electron chi connectivity index (χ2n) is 4.46. The number of fused-ring (bicyclic) bond motifs is 1. The second kappa shape index (κ2) is 4.95. The molecule has 0 amide bonds. The van der Waals surface area contributed by atoms with Crippen molar-refractivity contribution in [2.45, 2.75) is 11.1 Å². The summed E-state index contributed by atoms with van der Waals surface area (Å²) in [5.41, 5.74) is 1.57. The fraction of sp³-hybridized carbons (Fsp3) is 0.231. The molecule has 0 bridgehead atoms. The topological polar surface area (TPSA) is 46.6 Å². The molecule has 1 aliphatic rings. The van der Waals surface area contributed by atoms with Crippen LogP contribution in [0.5, 0.6) is 5.75 Å². The van der Waals surface area contributed by atoms with Crippen molar-refractivity contribution in [1.29, 1.82) is 0 Å². The van der Waals surface area contributed by atoms with Crippen molar-refractivity contribution in [2.75, 3.05) is 17.5 Å². The molecule has 0 unspecified atom stereocenters. The van der Waals surface area contributed by atoms with Crippen LogP contribution in [0.1, 0.15) is 5.56 Å². The van der Waals surface area contributed by atoms with Gasteiger partial charge in [-0.1, -0.05) is 17.7 Å². The monoisotopic (exact) mass is 329 g/mol. The van der Waals surface area contributed by atoms with Crippen molar-refractivity contribution in [3.05, 3.63) is 40.2 Å². The zero-order valence-electron chi connectivity index (χ0n) is 10.7. The van der Waals surface area contributed by atoms with Gasteiger partial charge in [-0.15, -0.1) is 11.3 Å². The molecule has 4 nitrogen and oxygen atoms in total. The van der Waals surface area contributed by atoms with Gasteiger partial charge in [0.1, 0.15) is 16.6 Å². The van der Waals surface area contributed by atoms with Crippen LogP contribution in [0.2, 0.25) is 4.34 Å². The van der Waals surface area contributed by atoms with E-state index in [1.54, 1.807) is 12.1 Å². The summed E-state index contributed by atoms with van der Waals surface area (Å²) < 4.78 is 33.0. The highest BCUT2D eigenvalue weighted by molar-refractivity contribution is 7.94. The highest BCUT2D eigenvalue weighted by atomic mass is 35.5. The summed E-state index contributed by atoms with van der Waals surface area (Å²) in [6.45, 7) is 2.56. The molecule has 0 saturated heterocycles. The number of nitrogens with zero attached hydrogens (tertiary/aromatic N) is 1. The molecule has 7 heteroatoms. The van der Waals surface area contributed by atoms with E-state index in [1.807, 2.05) is 19.1 Å². The zero-order chi connectivity index (χ0) is 14.3. The van der Waals surface area contributed by atoms with Crippen molar-refractivity contribution < 1.29 is 13.2 Å². The Morgan fingerprint density at radius 2 is 2.10 bits per heavy atom. The van der Waals surface area contributed by atoms with Crippen molar-refractivity contribution >= 4 is 38.6 Å². The molecular weight excluding hydrogens is 318 g/mol. The number of hydrogen-bond donors (Lipinski definition) is 0. The number of rotatable bonds is 2. The number of anilines is 1. The maximum absolute atomic E-state index is 12.7. The van der Waals surface area contributed by atoms with E-state index in [4.69, 9.17) is 16.3 Å². The van der Waals surface area contributed by atoms with Crippen LogP contribution in [0.3, 0.4) is 0 Å². The standard InChI is InChI=1S/C13H12ClNO3S2/c1-9-2-3-11-10(8-9)15(6-7-18-11)20(16,17)13-5-4-12(14)19-13/h2-5,8H,6-7H2,1H3. The summed E-state index contributed by atoms with van der Waals surface area (Å²) in [6.07, 6.45) is 0. The lowest BCUT2D eigenvalue weighted by molar-refractivity contribution is 0.316. The molecule has 20 heavy (non-hydrogen) atoms. The number of aryl methyl sites for hydroxylation is 1. The van der Waals surface area contributed by atoms with Crippen LogP contribution in [-0.4, -0.2) is 21.6 Å². The Morgan fingerprint density at radius 1 is 1.30 bits per heavy atom. The summed E-state index contributed by atoms with van der Waals surface area (Å²) in [5, 5.41) is 0. The Morgan fingerprint density at radius 3 is 2.80 bits per heavy atom. The predicted octanol–water partition coefficient (Wildman–Crippen LogP) is 3.30. The van der Waals surface area contributed by atoms with E-state index in [1.165, 1.54) is 10.4 Å². The average molecular weight is 330 g/mol. The van der Waals surface area contributed by atoms with Gasteiger partial charge in [0.05, 0.1) is 16.6 Å². The average Bonchev–Trinajstić information content (AvgIpc) is 2.85. The Labute approximate surface area is 126 Å². The molecule has 0 atom stereocenters. The fourth-order valence-corrected chi connectivity index (χ4v) is 5.15. The first-order valence-electron chi connectivity index (χ1n) is 6.00. The van der Waals surface area contributed by atoms with E-state index in [-0.39, 0.29) is 4.21 Å². The summed E-state index contributed by atoms with van der Waals surface area (Å²) in [7, 11) is -3.58. The van der Waals surface area contributed by atoms with Crippen LogP contribution < -0.4 is 9.04 Å². The second-order valence-corrected chi connectivity index (χ2v) is 8.26. The molecule has 0 saturated carbocycles. The maximum Gasteiger partial charge on any atom is 0.274 e. The van der Waals surface area contributed by atoms with Crippen LogP contribution in [0.15, 0.2) is 34.5 Å². The first kappa shape index (κ1) is 13.7. The maximum atomic E-state index is 12.7. The van der Waals surface area contributed by atoms with E-state index >= 15 is 0 Å². The number of sulfonamides is 1. The predicted molar refractivity (Wildman–Crippen MR) is 80.5 cm³/mol. The molecule has 2 heterocycles. The smallest absolute Gasteiger partial charge is 0.274 e. The summed E-state index contributed by atoms with van der Waals surface area (Å²) in [5.74, 6) is 0.591. The van der Waals surface area contributed by atoms with Crippen molar-refractivity contribution in [1.82, 2.24) is 0 Å². The lowest BCUT2D eigenvalue weighted by Gasteiger charge is -2.30. The van der Waals surface area contributed by atoms with Gasteiger partial charge >= 0.3 is 0 Å². The number of ether oxygens (including phenoxy) is 1. The molecule has 2 aromatic rings. The lowest BCUT2D eigenvalue weighted by atomic mass is 10.2. The lowest BCUT2D eigenvalue weighted by Crippen LogP contribution is -2.37. The number of hydrogen-bond acceptors (Lipinski definition) is 4. The third-order valence-corrected chi connectivity index (χ3v) is 6.54. The molecule has 3 rings (SSSR count). The van der Waals surface area contributed by atoms with E-state index in [9.17, 15) is 8.42 Å². The first-order valence-corrected chi connectivity index (χ1v) is 8.63. The van der Waals surface area contributed by atoms with Crippen molar-refractivity contribution in [2.24, 2.45) is 0 Å². The third-order valence-electron chi connectivity index (χ3n) is 3.03. The van der Waals surface area contributed by atoms with Crippen LogP contribution in [0, 0.1) is 6.92 Å². The molecule has 1 aromatic carbocycles. The SMILES string of the molecule is Cc1ccc2c(c1)N(S(=O)(=O)c1ccc(Cl)s1)CCO2. The van der Waals surface area contributed by atoms with Crippen LogP contribution in [0.4, 0.5) is 5.69 Å². The van der Waals surface area contributed by atoms with E-state index in [0.29, 0.717) is 28.9 Å². The van der Waals surface area contributed by atoms with E-state index < -0.39 is 10.0 Å². The molecular formula is C13H12ClNO3S2. The number of thiophene rings is 1. The van der Waals surface area contributed by atoms with Gasteiger partial charge in [0.25, 0.3) is 10.0 Å². The van der Waals surface area contributed by atoms with Gasteiger partial charge < -0.3 is 4.74 Å². The minimum absolute atomic E-state index is 0.247. The quantitative estimate of drug-likeness (QED) is 0.849. The van der Waals surface area contributed by atoms with E-state index in [2.05, 4.69) is 0 Å². The molecule has 1 aromatic heterocycles. The molecule has 1 aliphatic heterocycles. The summed E-state index contributed by atoms with van der Waals surface area (Å²) in [6, 6.07) is 8.65. The van der Waals surface area contributed by atoms with Crippen LogP contribution >= 0.6 is 22.9 Å². The molecule has 0 radical (unpaired) electrons. The van der Waals surface area contributed by atoms with Gasteiger partial charge in [0.15, 0.2) is 0 Å². The van der Waals surface area contributed by atoms with Crippen molar-refractivity contribution in [3.8, 4) is 5.75 Å². The number of benzene rings is 1. The Hall–Kier alpha value is -1.24. The largest absolute Gasteiger partial charge is 0.489 e. The van der Waals surface area contributed by atoms with Crippen molar-refractivity contribution in [3.63, 3.8) is 0 Å². The highest BCUT2D eigenvalue weighted by Gasteiger charge is 2.31. The third kappa shape index (κ3) is 2.28. The van der Waals surface area contributed by atoms with E-state index in [0.717, 1.165) is 16.9 Å². The molecule has 0 fully saturated rings. The molecule has 0 N–H and O–H groups in total. The van der Waals surface area contributed by atoms with Crippen LogP contribution in [-0.2, 0) is 10.0 Å². The minimum Gasteiger partial charge on any atom is -0.489 e. The molecule has 0 aliphatic carbocycles. The fourth-order valence-electron chi connectivity index (χ4n) is 2.10. The Balaban J connectivity index is 2.10. The van der Waals surface area contributed by atoms with Gasteiger partial charge in [-0.25, -0.2) is 8.42 Å². The highest BCUT2D eigenvalue weighted by Crippen LogP contribution is 2.37. The van der Waals surface area contributed by atoms with Gasteiger partial charge in [0.2, 0.25) is 0 Å². The number of halogens is 1. The summed E-state index contributed by atoms with van der Waals surface area (Å²) >= 11 is 6.90. The Kier molecular flexibility index (Phi) is 3.40. The van der Waals surface area contributed by atoms with Crippen LogP contribution in [0.25, 0.3) is 0 Å². The Bertz CT molecular complexity index is 755. The van der Waals surface area contributed by atoms with Gasteiger partial charge in [0, 0.05) is 0 Å². The van der Waals surface area contributed by atoms with Gasteiger partial charge in [-0.2, -0.15) is 0 Å². The first-order chi connectivity index (χ1) is 9.48. The van der Waals surface area contributed by atoms with Gasteiger partial charge in [-0.3, -0.25) is 4.31 Å². The van der Waals surface area contributed by atoms with Gasteiger partial charge in [-0.05, 0) is 36.8 Å². The normalized spacial score (nSPS) is 14.8. The zero-order valence-corrected chi connectivity index (χ0v) is 13.1. The minimum atomic E-state index is -3.58. The molecule has 106 valence electrons.